The van der Waals surface area contributed by atoms with Gasteiger partial charge in [-0.25, -0.2) is 14.4 Å². The number of hydrogen-bond acceptors (Lipinski definition) is 5. The number of benzene rings is 1. The van der Waals surface area contributed by atoms with Crippen LogP contribution in [0, 0.1) is 12.7 Å². The van der Waals surface area contributed by atoms with E-state index in [1.165, 1.54) is 12.1 Å². The molecule has 1 amide bonds. The molecule has 24 heavy (non-hydrogen) atoms. The first kappa shape index (κ1) is 16.3. The van der Waals surface area contributed by atoms with E-state index < -0.39 is 5.82 Å². The van der Waals surface area contributed by atoms with Gasteiger partial charge in [-0.15, -0.1) is 0 Å². The summed E-state index contributed by atoms with van der Waals surface area (Å²) in [5.74, 6) is -0.0854. The lowest BCUT2D eigenvalue weighted by Crippen LogP contribution is -2.44. The van der Waals surface area contributed by atoms with Crippen LogP contribution in [0.5, 0.6) is 5.75 Å². The Hall–Kier alpha value is -2.54. The molecule has 1 aromatic carbocycles. The maximum absolute atomic E-state index is 13.5. The van der Waals surface area contributed by atoms with E-state index in [-0.39, 0.29) is 24.4 Å². The molecule has 1 fully saturated rings. The van der Waals surface area contributed by atoms with E-state index in [2.05, 4.69) is 9.97 Å². The second-order valence-corrected chi connectivity index (χ2v) is 5.47. The Balaban J connectivity index is 1.60. The Labute approximate surface area is 139 Å². The minimum absolute atomic E-state index is 0.0673. The summed E-state index contributed by atoms with van der Waals surface area (Å²) in [7, 11) is 0. The summed E-state index contributed by atoms with van der Waals surface area (Å²) in [5.41, 5.74) is 0.843. The number of carbonyl (C=O) groups is 1. The molecule has 0 unspecified atom stereocenters. The van der Waals surface area contributed by atoms with Crippen molar-refractivity contribution in [3.63, 3.8) is 0 Å². The molecular formula is C17H18FN3O3. The van der Waals surface area contributed by atoms with E-state index in [1.807, 2.05) is 6.92 Å². The quantitative estimate of drug-likeness (QED) is 0.856. The molecule has 0 spiro atoms. The fourth-order valence-corrected chi connectivity index (χ4v) is 2.45. The molecule has 0 saturated carbocycles. The average molecular weight is 331 g/mol. The molecule has 1 atom stereocenters. The molecular weight excluding hydrogens is 313 g/mol. The Kier molecular flexibility index (Phi) is 5.00. The van der Waals surface area contributed by atoms with Gasteiger partial charge in [0.25, 0.3) is 5.91 Å². The molecule has 2 aromatic rings. The van der Waals surface area contributed by atoms with Crippen LogP contribution in [0.3, 0.4) is 0 Å². The molecule has 0 radical (unpaired) electrons. The van der Waals surface area contributed by atoms with Crippen molar-refractivity contribution >= 4 is 5.91 Å². The SMILES string of the molecule is Cc1ccnc([C@@H]2CN(C(=O)COc3ccccc3F)CCO2)n1. The number of aryl methyl sites for hydroxylation is 1. The van der Waals surface area contributed by atoms with Gasteiger partial charge in [0.1, 0.15) is 6.10 Å². The maximum Gasteiger partial charge on any atom is 0.260 e. The Morgan fingerprint density at radius 3 is 3.04 bits per heavy atom. The smallest absolute Gasteiger partial charge is 0.260 e. The number of aromatic nitrogens is 2. The molecule has 7 heteroatoms. The fourth-order valence-electron chi connectivity index (χ4n) is 2.45. The van der Waals surface area contributed by atoms with Crippen LogP contribution in [-0.2, 0) is 9.53 Å². The topological polar surface area (TPSA) is 64.6 Å². The summed E-state index contributed by atoms with van der Waals surface area (Å²) in [6.07, 6.45) is 1.30. The van der Waals surface area contributed by atoms with Crippen molar-refractivity contribution in [2.45, 2.75) is 13.0 Å². The molecule has 0 aliphatic carbocycles. The van der Waals surface area contributed by atoms with Crippen molar-refractivity contribution in [1.82, 2.24) is 14.9 Å². The first-order valence-electron chi connectivity index (χ1n) is 7.70. The molecule has 6 nitrogen and oxygen atoms in total. The molecule has 126 valence electrons. The van der Waals surface area contributed by atoms with Gasteiger partial charge in [-0.05, 0) is 25.1 Å². The minimum atomic E-state index is -0.488. The van der Waals surface area contributed by atoms with Gasteiger partial charge in [0.05, 0.1) is 13.2 Å². The van der Waals surface area contributed by atoms with Crippen molar-refractivity contribution < 1.29 is 18.7 Å². The number of rotatable bonds is 4. The number of ether oxygens (including phenoxy) is 2. The lowest BCUT2D eigenvalue weighted by atomic mass is 10.2. The van der Waals surface area contributed by atoms with Crippen LogP contribution >= 0.6 is 0 Å². The third kappa shape index (κ3) is 3.86. The summed E-state index contributed by atoms with van der Waals surface area (Å²) >= 11 is 0. The summed E-state index contributed by atoms with van der Waals surface area (Å²) in [6, 6.07) is 7.81. The third-order valence-electron chi connectivity index (χ3n) is 3.71. The molecule has 1 saturated heterocycles. The van der Waals surface area contributed by atoms with Crippen LogP contribution in [-0.4, -0.2) is 47.1 Å². The van der Waals surface area contributed by atoms with Crippen LogP contribution in [0.25, 0.3) is 0 Å². The summed E-state index contributed by atoms with van der Waals surface area (Å²) < 4.78 is 24.5. The van der Waals surface area contributed by atoms with E-state index in [0.29, 0.717) is 25.5 Å². The Morgan fingerprint density at radius 2 is 2.25 bits per heavy atom. The van der Waals surface area contributed by atoms with Crippen molar-refractivity contribution in [1.29, 1.82) is 0 Å². The number of halogens is 1. The Morgan fingerprint density at radius 1 is 1.42 bits per heavy atom. The zero-order valence-corrected chi connectivity index (χ0v) is 13.3. The lowest BCUT2D eigenvalue weighted by Gasteiger charge is -2.32. The van der Waals surface area contributed by atoms with Gasteiger partial charge in [0.2, 0.25) is 0 Å². The number of hydrogen-bond donors (Lipinski definition) is 0. The monoisotopic (exact) mass is 331 g/mol. The fraction of sp³-hybridized carbons (Fsp3) is 0.353. The Bertz CT molecular complexity index is 726. The van der Waals surface area contributed by atoms with E-state index in [0.717, 1.165) is 5.69 Å². The summed E-state index contributed by atoms with van der Waals surface area (Å²) in [4.78, 5) is 22.5. The normalized spacial score (nSPS) is 17.6. The molecule has 0 N–H and O–H groups in total. The zero-order valence-electron chi connectivity index (χ0n) is 13.3. The number of para-hydroxylation sites is 1. The number of amides is 1. The summed E-state index contributed by atoms with van der Waals surface area (Å²) in [5, 5.41) is 0. The van der Waals surface area contributed by atoms with Crippen LogP contribution in [0.1, 0.15) is 17.6 Å². The van der Waals surface area contributed by atoms with Crippen molar-refractivity contribution in [3.05, 3.63) is 53.9 Å². The van der Waals surface area contributed by atoms with Crippen molar-refractivity contribution in [2.24, 2.45) is 0 Å². The molecule has 1 aliphatic rings. The van der Waals surface area contributed by atoms with Crippen molar-refractivity contribution in [3.8, 4) is 5.75 Å². The van der Waals surface area contributed by atoms with Gasteiger partial charge in [0, 0.05) is 18.4 Å². The van der Waals surface area contributed by atoms with Gasteiger partial charge in [-0.2, -0.15) is 0 Å². The number of morpholine rings is 1. The number of nitrogens with zero attached hydrogens (tertiary/aromatic N) is 3. The highest BCUT2D eigenvalue weighted by atomic mass is 19.1. The minimum Gasteiger partial charge on any atom is -0.481 e. The largest absolute Gasteiger partial charge is 0.481 e. The molecule has 2 heterocycles. The van der Waals surface area contributed by atoms with Crippen LogP contribution < -0.4 is 4.74 Å². The van der Waals surface area contributed by atoms with E-state index >= 15 is 0 Å². The molecule has 1 aromatic heterocycles. The first-order valence-corrected chi connectivity index (χ1v) is 7.70. The van der Waals surface area contributed by atoms with Crippen LogP contribution in [0.2, 0.25) is 0 Å². The predicted octanol–water partition coefficient (Wildman–Crippen LogP) is 1.90. The second-order valence-electron chi connectivity index (χ2n) is 5.47. The van der Waals surface area contributed by atoms with E-state index in [4.69, 9.17) is 9.47 Å². The highest BCUT2D eigenvalue weighted by molar-refractivity contribution is 5.77. The highest BCUT2D eigenvalue weighted by Gasteiger charge is 2.27. The second kappa shape index (κ2) is 7.35. The molecule has 1 aliphatic heterocycles. The standard InChI is InChI=1S/C17H18FN3O3/c1-12-6-7-19-17(20-12)15-10-21(8-9-23-15)16(22)11-24-14-5-3-2-4-13(14)18/h2-7,15H,8-11H2,1H3/t15-/m0/s1. The maximum atomic E-state index is 13.5. The molecule has 3 rings (SSSR count). The molecule has 0 bridgehead atoms. The first-order chi connectivity index (χ1) is 11.6. The van der Waals surface area contributed by atoms with Gasteiger partial charge in [-0.1, -0.05) is 12.1 Å². The zero-order chi connectivity index (χ0) is 16.9. The van der Waals surface area contributed by atoms with Gasteiger partial charge >= 0.3 is 0 Å². The number of carbonyl (C=O) groups excluding carboxylic acids is 1. The van der Waals surface area contributed by atoms with Crippen LogP contribution in [0.4, 0.5) is 4.39 Å². The summed E-state index contributed by atoms with van der Waals surface area (Å²) in [6.45, 7) is 2.86. The van der Waals surface area contributed by atoms with Gasteiger partial charge in [-0.3, -0.25) is 4.79 Å². The van der Waals surface area contributed by atoms with E-state index in [1.54, 1.807) is 29.3 Å². The van der Waals surface area contributed by atoms with Gasteiger partial charge < -0.3 is 14.4 Å². The average Bonchev–Trinajstić information content (AvgIpc) is 2.61. The van der Waals surface area contributed by atoms with Gasteiger partial charge in [0.15, 0.2) is 24.0 Å². The van der Waals surface area contributed by atoms with Crippen molar-refractivity contribution in [2.75, 3.05) is 26.3 Å². The van der Waals surface area contributed by atoms with Crippen LogP contribution in [0.15, 0.2) is 36.5 Å². The lowest BCUT2D eigenvalue weighted by molar-refractivity contribution is -0.141. The van der Waals surface area contributed by atoms with E-state index in [9.17, 15) is 9.18 Å². The highest BCUT2D eigenvalue weighted by Crippen LogP contribution is 2.20. The predicted molar refractivity (Wildman–Crippen MR) is 83.9 cm³/mol. The third-order valence-corrected chi connectivity index (χ3v) is 3.71.